The molecule has 0 spiro atoms. The van der Waals surface area contributed by atoms with Crippen molar-refractivity contribution >= 4 is 0 Å². The lowest BCUT2D eigenvalue weighted by Gasteiger charge is -2.42. The van der Waals surface area contributed by atoms with Gasteiger partial charge in [0.05, 0.1) is 0 Å². The van der Waals surface area contributed by atoms with Crippen LogP contribution in [0.25, 0.3) is 0 Å². The van der Waals surface area contributed by atoms with E-state index in [-0.39, 0.29) is 5.41 Å². The Morgan fingerprint density at radius 3 is 2.47 bits per heavy atom. The molecule has 17 heavy (non-hydrogen) atoms. The minimum absolute atomic E-state index is 0.176. The minimum atomic E-state index is -0.692. The number of likely N-dealkylation sites (N-methyl/N-ethyl adjacent to an activating group) is 1. The fourth-order valence-electron chi connectivity index (χ4n) is 2.78. The molecule has 2 rings (SSSR count). The van der Waals surface area contributed by atoms with E-state index in [2.05, 4.69) is 44.3 Å². The molecule has 0 heterocycles. The van der Waals surface area contributed by atoms with Gasteiger partial charge in [0.1, 0.15) is 5.60 Å². The molecule has 0 bridgehead atoms. The summed E-state index contributed by atoms with van der Waals surface area (Å²) in [5.74, 6) is 0. The summed E-state index contributed by atoms with van der Waals surface area (Å²) in [5.41, 5.74) is 1.89. The molecule has 0 aromatic heterocycles. The van der Waals surface area contributed by atoms with Gasteiger partial charge in [-0.1, -0.05) is 45.0 Å². The van der Waals surface area contributed by atoms with E-state index in [1.54, 1.807) is 0 Å². The third-order valence-corrected chi connectivity index (χ3v) is 3.99. The first kappa shape index (κ1) is 12.6. The third-order valence-electron chi connectivity index (χ3n) is 3.99. The Kier molecular flexibility index (Phi) is 3.28. The first-order valence-corrected chi connectivity index (χ1v) is 6.53. The van der Waals surface area contributed by atoms with Crippen LogP contribution in [-0.2, 0) is 11.0 Å². The van der Waals surface area contributed by atoms with Crippen molar-refractivity contribution in [2.24, 2.45) is 0 Å². The van der Waals surface area contributed by atoms with Gasteiger partial charge in [-0.2, -0.15) is 0 Å². The van der Waals surface area contributed by atoms with Gasteiger partial charge in [0.25, 0.3) is 0 Å². The van der Waals surface area contributed by atoms with Crippen LogP contribution in [0.5, 0.6) is 0 Å². The second-order valence-corrected chi connectivity index (χ2v) is 5.74. The molecule has 94 valence electrons. The Morgan fingerprint density at radius 2 is 1.82 bits per heavy atom. The van der Waals surface area contributed by atoms with E-state index in [4.69, 9.17) is 0 Å². The normalized spacial score (nSPS) is 26.6. The highest BCUT2D eigenvalue weighted by molar-refractivity contribution is 5.40. The summed E-state index contributed by atoms with van der Waals surface area (Å²) in [6.45, 7) is 8.14. The van der Waals surface area contributed by atoms with Crippen LogP contribution in [0.3, 0.4) is 0 Å². The van der Waals surface area contributed by atoms with Gasteiger partial charge in [0.15, 0.2) is 0 Å². The fourth-order valence-corrected chi connectivity index (χ4v) is 2.78. The molecule has 0 saturated heterocycles. The minimum Gasteiger partial charge on any atom is -0.384 e. The highest BCUT2D eigenvalue weighted by Gasteiger charge is 2.40. The summed E-state index contributed by atoms with van der Waals surface area (Å²) in [6, 6.07) is 8.33. The maximum absolute atomic E-state index is 10.8. The molecule has 1 aromatic rings. The van der Waals surface area contributed by atoms with Crippen molar-refractivity contribution < 1.29 is 5.11 Å². The van der Waals surface area contributed by atoms with Crippen LogP contribution >= 0.6 is 0 Å². The van der Waals surface area contributed by atoms with Crippen molar-refractivity contribution in [2.45, 2.75) is 44.6 Å². The van der Waals surface area contributed by atoms with Gasteiger partial charge in [0, 0.05) is 6.54 Å². The van der Waals surface area contributed by atoms with E-state index in [0.717, 1.165) is 24.9 Å². The maximum atomic E-state index is 10.8. The molecule has 2 heteroatoms. The van der Waals surface area contributed by atoms with E-state index in [1.165, 1.54) is 5.56 Å². The highest BCUT2D eigenvalue weighted by Crippen LogP contribution is 2.44. The zero-order chi connectivity index (χ0) is 12.5. The lowest BCUT2D eigenvalue weighted by Crippen LogP contribution is -2.44. The van der Waals surface area contributed by atoms with Gasteiger partial charge in [-0.15, -0.1) is 0 Å². The Balaban J connectivity index is 2.41. The van der Waals surface area contributed by atoms with E-state index in [1.807, 2.05) is 6.07 Å². The second-order valence-electron chi connectivity index (χ2n) is 5.74. The Morgan fingerprint density at radius 1 is 1.18 bits per heavy atom. The average Bonchev–Trinajstić information content (AvgIpc) is 2.33. The zero-order valence-electron chi connectivity index (χ0n) is 11.1. The van der Waals surface area contributed by atoms with Crippen LogP contribution in [0.15, 0.2) is 24.3 Å². The van der Waals surface area contributed by atoms with Crippen LogP contribution in [0, 0.1) is 0 Å². The summed E-state index contributed by atoms with van der Waals surface area (Å²) in [5, 5.41) is 14.1. The molecule has 2 N–H and O–H groups in total. The van der Waals surface area contributed by atoms with E-state index in [9.17, 15) is 5.11 Å². The van der Waals surface area contributed by atoms with E-state index < -0.39 is 5.60 Å². The molecule has 0 aliphatic heterocycles. The number of benzene rings is 1. The molecular formula is C15H23NO. The summed E-state index contributed by atoms with van der Waals surface area (Å²) < 4.78 is 0. The molecule has 1 aliphatic carbocycles. The molecule has 0 saturated carbocycles. The van der Waals surface area contributed by atoms with Gasteiger partial charge in [0.2, 0.25) is 0 Å². The van der Waals surface area contributed by atoms with Crippen LogP contribution in [0.1, 0.15) is 44.7 Å². The smallest absolute Gasteiger partial charge is 0.102 e. The number of aliphatic hydroxyl groups is 1. The van der Waals surface area contributed by atoms with Crippen molar-refractivity contribution in [1.29, 1.82) is 0 Å². The number of rotatable bonds is 3. The predicted molar refractivity (Wildman–Crippen MR) is 71.1 cm³/mol. The molecular weight excluding hydrogens is 210 g/mol. The summed E-state index contributed by atoms with van der Waals surface area (Å²) in [4.78, 5) is 0. The van der Waals surface area contributed by atoms with Gasteiger partial charge in [-0.25, -0.2) is 0 Å². The van der Waals surface area contributed by atoms with E-state index in [0.29, 0.717) is 6.54 Å². The first-order valence-electron chi connectivity index (χ1n) is 6.53. The van der Waals surface area contributed by atoms with Crippen molar-refractivity contribution in [3.8, 4) is 0 Å². The maximum Gasteiger partial charge on any atom is 0.102 e. The Labute approximate surface area is 104 Å². The quantitative estimate of drug-likeness (QED) is 0.841. The lowest BCUT2D eigenvalue weighted by molar-refractivity contribution is 0.00985. The molecule has 1 aliphatic rings. The standard InChI is InChI=1S/C15H23NO/c1-4-16-11-15(17)10-9-14(2,3)12-7-5-6-8-13(12)15/h5-8,16-17H,4,9-11H2,1-3H3. The largest absolute Gasteiger partial charge is 0.384 e. The lowest BCUT2D eigenvalue weighted by atomic mass is 9.67. The van der Waals surface area contributed by atoms with Gasteiger partial charge >= 0.3 is 0 Å². The highest BCUT2D eigenvalue weighted by atomic mass is 16.3. The summed E-state index contributed by atoms with van der Waals surface area (Å²) >= 11 is 0. The van der Waals surface area contributed by atoms with Gasteiger partial charge < -0.3 is 10.4 Å². The zero-order valence-corrected chi connectivity index (χ0v) is 11.1. The number of hydrogen-bond donors (Lipinski definition) is 2. The van der Waals surface area contributed by atoms with Gasteiger partial charge in [-0.3, -0.25) is 0 Å². The molecule has 0 amide bonds. The second kappa shape index (κ2) is 4.43. The van der Waals surface area contributed by atoms with Crippen LogP contribution in [0.2, 0.25) is 0 Å². The van der Waals surface area contributed by atoms with Crippen LogP contribution in [0.4, 0.5) is 0 Å². The summed E-state index contributed by atoms with van der Waals surface area (Å²) in [6.07, 6.45) is 1.87. The van der Waals surface area contributed by atoms with Crippen LogP contribution in [-0.4, -0.2) is 18.2 Å². The SMILES string of the molecule is CCNCC1(O)CCC(C)(C)c2ccccc21. The van der Waals surface area contributed by atoms with E-state index >= 15 is 0 Å². The average molecular weight is 233 g/mol. The fraction of sp³-hybridized carbons (Fsp3) is 0.600. The molecule has 1 aromatic carbocycles. The monoisotopic (exact) mass is 233 g/mol. The number of hydrogen-bond acceptors (Lipinski definition) is 2. The Bertz CT molecular complexity index is 400. The molecule has 2 nitrogen and oxygen atoms in total. The molecule has 0 radical (unpaired) electrons. The first-order chi connectivity index (χ1) is 7.99. The number of nitrogens with one attached hydrogen (secondary N) is 1. The van der Waals surface area contributed by atoms with Crippen LogP contribution < -0.4 is 5.32 Å². The Hall–Kier alpha value is -0.860. The van der Waals surface area contributed by atoms with Crippen molar-refractivity contribution in [1.82, 2.24) is 5.32 Å². The van der Waals surface area contributed by atoms with Crippen molar-refractivity contribution in [3.05, 3.63) is 35.4 Å². The number of fused-ring (bicyclic) bond motifs is 1. The molecule has 0 fully saturated rings. The van der Waals surface area contributed by atoms with Crippen molar-refractivity contribution in [3.63, 3.8) is 0 Å². The molecule has 1 unspecified atom stereocenters. The topological polar surface area (TPSA) is 32.3 Å². The predicted octanol–water partition coefficient (Wildman–Crippen LogP) is 2.56. The van der Waals surface area contributed by atoms with Crippen molar-refractivity contribution in [2.75, 3.05) is 13.1 Å². The summed E-state index contributed by atoms with van der Waals surface area (Å²) in [7, 11) is 0. The van der Waals surface area contributed by atoms with Gasteiger partial charge in [-0.05, 0) is 35.9 Å². The third kappa shape index (κ3) is 2.24. The molecule has 1 atom stereocenters.